The van der Waals surface area contributed by atoms with E-state index in [0.29, 0.717) is 23.0 Å². The first-order valence-corrected chi connectivity index (χ1v) is 9.10. The third-order valence-electron chi connectivity index (χ3n) is 3.72. The van der Waals surface area contributed by atoms with Crippen molar-refractivity contribution in [2.75, 3.05) is 5.32 Å². The van der Waals surface area contributed by atoms with E-state index in [2.05, 4.69) is 33.0 Å². The quantitative estimate of drug-likeness (QED) is 0.617. The second-order valence-corrected chi connectivity index (χ2v) is 7.48. The van der Waals surface area contributed by atoms with Crippen LogP contribution in [0.3, 0.4) is 0 Å². The van der Waals surface area contributed by atoms with E-state index in [0.717, 1.165) is 3.57 Å². The van der Waals surface area contributed by atoms with Crippen LogP contribution in [0.1, 0.15) is 24.3 Å². The van der Waals surface area contributed by atoms with Crippen molar-refractivity contribution in [2.45, 2.75) is 20.4 Å². The molecule has 0 unspecified atom stereocenters. The maximum Gasteiger partial charge on any atom is 0.276 e. The van der Waals surface area contributed by atoms with Crippen molar-refractivity contribution >= 4 is 45.0 Å². The van der Waals surface area contributed by atoms with Gasteiger partial charge in [0.15, 0.2) is 5.69 Å². The Balaban J connectivity index is 2.07. The summed E-state index contributed by atoms with van der Waals surface area (Å²) in [4.78, 5) is 25.4. The third kappa shape index (κ3) is 3.89. The van der Waals surface area contributed by atoms with Gasteiger partial charge in [-0.05, 0) is 58.8 Å². The highest BCUT2D eigenvalue weighted by atomic mass is 127. The van der Waals surface area contributed by atoms with E-state index in [1.54, 1.807) is 24.3 Å². The molecule has 1 aromatic heterocycles. The van der Waals surface area contributed by atoms with Crippen LogP contribution in [0.5, 0.6) is 0 Å². The van der Waals surface area contributed by atoms with Crippen molar-refractivity contribution < 1.29 is 4.79 Å². The van der Waals surface area contributed by atoms with Crippen molar-refractivity contribution in [3.63, 3.8) is 0 Å². The predicted molar refractivity (Wildman–Crippen MR) is 108 cm³/mol. The first kappa shape index (κ1) is 17.6. The maximum absolute atomic E-state index is 12.8. The van der Waals surface area contributed by atoms with Crippen molar-refractivity contribution in [3.05, 3.63) is 68.1 Å². The third-order valence-corrected chi connectivity index (χ3v) is 4.44. The lowest BCUT2D eigenvalue weighted by molar-refractivity contribution is 0.102. The van der Waals surface area contributed by atoms with E-state index in [1.165, 1.54) is 4.68 Å². The second kappa shape index (κ2) is 7.35. The fraction of sp³-hybridized carbons (Fsp3) is 0.211. The molecule has 0 saturated carbocycles. The standard InChI is InChI=1S/C19H18IN3O2/c1-12(2)11-23-19(25)16-6-4-3-5-15(16)17(22-23)18(24)21-14-9-7-13(20)8-10-14/h3-10,12H,11H2,1-2H3,(H,21,24). The zero-order valence-electron chi connectivity index (χ0n) is 14.0. The summed E-state index contributed by atoms with van der Waals surface area (Å²) in [7, 11) is 0. The summed E-state index contributed by atoms with van der Waals surface area (Å²) in [5.41, 5.74) is 0.780. The molecule has 5 nitrogen and oxygen atoms in total. The minimum atomic E-state index is -0.324. The molecule has 2 aromatic carbocycles. The largest absolute Gasteiger partial charge is 0.321 e. The summed E-state index contributed by atoms with van der Waals surface area (Å²) in [6.45, 7) is 4.48. The van der Waals surface area contributed by atoms with Gasteiger partial charge < -0.3 is 5.32 Å². The van der Waals surface area contributed by atoms with Crippen molar-refractivity contribution in [3.8, 4) is 0 Å². The fourth-order valence-corrected chi connectivity index (χ4v) is 2.96. The topological polar surface area (TPSA) is 64.0 Å². The van der Waals surface area contributed by atoms with Gasteiger partial charge in [-0.1, -0.05) is 32.0 Å². The van der Waals surface area contributed by atoms with E-state index in [4.69, 9.17) is 0 Å². The van der Waals surface area contributed by atoms with Crippen LogP contribution in [0.4, 0.5) is 5.69 Å². The summed E-state index contributed by atoms with van der Waals surface area (Å²) in [6, 6.07) is 14.6. The van der Waals surface area contributed by atoms with E-state index in [1.807, 2.05) is 38.1 Å². The van der Waals surface area contributed by atoms with Crippen LogP contribution in [0.2, 0.25) is 0 Å². The van der Waals surface area contributed by atoms with Gasteiger partial charge in [0.05, 0.1) is 5.39 Å². The number of anilines is 1. The van der Waals surface area contributed by atoms with Gasteiger partial charge in [0.1, 0.15) is 0 Å². The van der Waals surface area contributed by atoms with Gasteiger partial charge in [-0.2, -0.15) is 5.10 Å². The fourth-order valence-electron chi connectivity index (χ4n) is 2.60. The van der Waals surface area contributed by atoms with E-state index in [-0.39, 0.29) is 23.1 Å². The molecule has 0 fully saturated rings. The number of benzene rings is 2. The molecule has 1 N–H and O–H groups in total. The molecule has 1 heterocycles. The van der Waals surface area contributed by atoms with Gasteiger partial charge in [0.25, 0.3) is 11.5 Å². The van der Waals surface area contributed by atoms with Crippen molar-refractivity contribution in [1.82, 2.24) is 9.78 Å². The van der Waals surface area contributed by atoms with Crippen LogP contribution in [0.15, 0.2) is 53.3 Å². The highest BCUT2D eigenvalue weighted by Gasteiger charge is 2.17. The molecule has 3 aromatic rings. The van der Waals surface area contributed by atoms with Crippen molar-refractivity contribution in [1.29, 1.82) is 0 Å². The van der Waals surface area contributed by atoms with Crippen LogP contribution in [0, 0.1) is 9.49 Å². The molecular formula is C19H18IN3O2. The number of fused-ring (bicyclic) bond motifs is 1. The molecule has 25 heavy (non-hydrogen) atoms. The smallest absolute Gasteiger partial charge is 0.276 e. The summed E-state index contributed by atoms with van der Waals surface area (Å²) in [5, 5.41) is 8.27. The number of aromatic nitrogens is 2. The van der Waals surface area contributed by atoms with Crippen LogP contribution >= 0.6 is 22.6 Å². The number of hydrogen-bond donors (Lipinski definition) is 1. The Kier molecular flexibility index (Phi) is 5.17. The Labute approximate surface area is 159 Å². The first-order valence-electron chi connectivity index (χ1n) is 8.02. The summed E-state index contributed by atoms with van der Waals surface area (Å²) in [6.07, 6.45) is 0. The Bertz CT molecular complexity index is 978. The molecule has 0 radical (unpaired) electrons. The van der Waals surface area contributed by atoms with Crippen LogP contribution in [-0.4, -0.2) is 15.7 Å². The summed E-state index contributed by atoms with van der Waals surface area (Å²) < 4.78 is 2.47. The van der Waals surface area contributed by atoms with Gasteiger partial charge in [0, 0.05) is 21.2 Å². The van der Waals surface area contributed by atoms with Gasteiger partial charge in [-0.3, -0.25) is 9.59 Å². The van der Waals surface area contributed by atoms with E-state index in [9.17, 15) is 9.59 Å². The first-order chi connectivity index (χ1) is 12.0. The van der Waals surface area contributed by atoms with Crippen molar-refractivity contribution in [2.24, 2.45) is 5.92 Å². The highest BCUT2D eigenvalue weighted by Crippen LogP contribution is 2.17. The Morgan fingerprint density at radius 3 is 2.40 bits per heavy atom. The van der Waals surface area contributed by atoms with Crippen LogP contribution in [-0.2, 0) is 6.54 Å². The lowest BCUT2D eigenvalue weighted by atomic mass is 10.1. The maximum atomic E-state index is 12.8. The Morgan fingerprint density at radius 1 is 1.12 bits per heavy atom. The number of rotatable bonds is 4. The molecular weight excluding hydrogens is 429 g/mol. The van der Waals surface area contributed by atoms with Gasteiger partial charge in [-0.25, -0.2) is 4.68 Å². The lowest BCUT2D eigenvalue weighted by Gasteiger charge is -2.12. The molecule has 0 bridgehead atoms. The van der Waals surface area contributed by atoms with E-state index < -0.39 is 0 Å². The average molecular weight is 447 g/mol. The number of halogens is 1. The zero-order chi connectivity index (χ0) is 18.0. The SMILES string of the molecule is CC(C)Cn1nc(C(=O)Nc2ccc(I)cc2)c2ccccc2c1=O. The average Bonchev–Trinajstić information content (AvgIpc) is 2.59. The monoisotopic (exact) mass is 447 g/mol. The molecule has 0 atom stereocenters. The Hall–Kier alpha value is -2.22. The van der Waals surface area contributed by atoms with Crippen LogP contribution < -0.4 is 10.9 Å². The predicted octanol–water partition coefficient (Wildman–Crippen LogP) is 3.91. The molecule has 3 rings (SSSR count). The minimum absolute atomic E-state index is 0.171. The molecule has 1 amide bonds. The zero-order valence-corrected chi connectivity index (χ0v) is 16.1. The highest BCUT2D eigenvalue weighted by molar-refractivity contribution is 14.1. The molecule has 0 aliphatic rings. The number of nitrogens with zero attached hydrogens (tertiary/aromatic N) is 2. The summed E-state index contributed by atoms with van der Waals surface area (Å²) >= 11 is 2.21. The van der Waals surface area contributed by atoms with Gasteiger partial charge >= 0.3 is 0 Å². The molecule has 6 heteroatoms. The number of nitrogens with one attached hydrogen (secondary N) is 1. The summed E-state index contributed by atoms with van der Waals surface area (Å²) in [5.74, 6) is -0.0756. The Morgan fingerprint density at radius 2 is 1.76 bits per heavy atom. The minimum Gasteiger partial charge on any atom is -0.321 e. The molecule has 0 spiro atoms. The number of carbonyl (C=O) groups excluding carboxylic acids is 1. The van der Waals surface area contributed by atoms with Crippen LogP contribution in [0.25, 0.3) is 10.8 Å². The normalized spacial score (nSPS) is 11.0. The number of carbonyl (C=O) groups is 1. The van der Waals surface area contributed by atoms with Gasteiger partial charge in [0.2, 0.25) is 0 Å². The second-order valence-electron chi connectivity index (χ2n) is 6.24. The molecule has 0 aliphatic heterocycles. The molecule has 0 saturated heterocycles. The molecule has 128 valence electrons. The lowest BCUT2D eigenvalue weighted by Crippen LogP contribution is -2.29. The number of hydrogen-bond acceptors (Lipinski definition) is 3. The van der Waals surface area contributed by atoms with E-state index >= 15 is 0 Å². The number of amides is 1. The van der Waals surface area contributed by atoms with Gasteiger partial charge in [-0.15, -0.1) is 0 Å². The molecule has 0 aliphatic carbocycles.